The predicted molar refractivity (Wildman–Crippen MR) is 102 cm³/mol. The minimum absolute atomic E-state index is 0.0402. The summed E-state index contributed by atoms with van der Waals surface area (Å²) in [6.45, 7) is 3.25. The van der Waals surface area contributed by atoms with Crippen LogP contribution in [0.15, 0.2) is 24.3 Å². The van der Waals surface area contributed by atoms with Gasteiger partial charge in [0, 0.05) is 51.1 Å². The summed E-state index contributed by atoms with van der Waals surface area (Å²) in [6.07, 6.45) is 3.69. The Morgan fingerprint density at radius 1 is 0.964 bits per heavy atom. The van der Waals surface area contributed by atoms with E-state index in [1.165, 1.54) is 0 Å². The van der Waals surface area contributed by atoms with Crippen molar-refractivity contribution in [2.24, 2.45) is 0 Å². The van der Waals surface area contributed by atoms with Gasteiger partial charge in [-0.25, -0.2) is 4.79 Å². The van der Waals surface area contributed by atoms with Crippen LogP contribution < -0.4 is 15.4 Å². The molecule has 150 valence electrons. The van der Waals surface area contributed by atoms with Gasteiger partial charge in [-0.05, 0) is 37.1 Å². The van der Waals surface area contributed by atoms with Crippen molar-refractivity contribution in [3.05, 3.63) is 29.8 Å². The third-order valence-corrected chi connectivity index (χ3v) is 5.62. The number of carbonyl (C=O) groups excluding carboxylic acids is 3. The molecule has 1 aromatic carbocycles. The van der Waals surface area contributed by atoms with Crippen molar-refractivity contribution in [3.63, 3.8) is 0 Å². The fourth-order valence-corrected chi connectivity index (χ4v) is 3.99. The minimum Gasteiger partial charge on any atom is -0.490 e. The number of benzene rings is 1. The van der Waals surface area contributed by atoms with E-state index in [1.807, 2.05) is 29.2 Å². The second kappa shape index (κ2) is 8.08. The van der Waals surface area contributed by atoms with Gasteiger partial charge in [0.25, 0.3) is 5.91 Å². The molecule has 8 heteroatoms. The molecule has 1 atom stereocenters. The van der Waals surface area contributed by atoms with Crippen molar-refractivity contribution in [3.8, 4) is 5.75 Å². The maximum atomic E-state index is 12.4. The number of likely N-dealkylation sites (tertiary alicyclic amines) is 2. The largest absolute Gasteiger partial charge is 0.490 e. The molecule has 1 unspecified atom stereocenters. The Balaban J connectivity index is 1.26. The molecule has 3 aliphatic heterocycles. The highest BCUT2D eigenvalue weighted by molar-refractivity contribution is 5.94. The second-order valence-electron chi connectivity index (χ2n) is 7.57. The molecule has 28 heavy (non-hydrogen) atoms. The van der Waals surface area contributed by atoms with Crippen LogP contribution in [0.1, 0.15) is 36.0 Å². The Labute approximate surface area is 164 Å². The molecular weight excluding hydrogens is 360 g/mol. The highest BCUT2D eigenvalue weighted by atomic mass is 16.5. The van der Waals surface area contributed by atoms with Gasteiger partial charge in [-0.2, -0.15) is 0 Å². The molecule has 0 bridgehead atoms. The zero-order valence-electron chi connectivity index (χ0n) is 15.9. The lowest BCUT2D eigenvalue weighted by Gasteiger charge is -2.33. The van der Waals surface area contributed by atoms with Crippen molar-refractivity contribution in [2.45, 2.75) is 37.8 Å². The van der Waals surface area contributed by atoms with Crippen molar-refractivity contribution < 1.29 is 19.1 Å². The van der Waals surface area contributed by atoms with E-state index in [9.17, 15) is 14.4 Å². The molecule has 1 aromatic rings. The summed E-state index contributed by atoms with van der Waals surface area (Å²) in [4.78, 5) is 39.7. The second-order valence-corrected chi connectivity index (χ2v) is 7.57. The zero-order valence-corrected chi connectivity index (χ0v) is 15.9. The highest BCUT2D eigenvalue weighted by Gasteiger charge is 2.33. The molecule has 0 aromatic heterocycles. The van der Waals surface area contributed by atoms with E-state index >= 15 is 0 Å². The average Bonchev–Trinajstić information content (AvgIpc) is 3.40. The van der Waals surface area contributed by atoms with E-state index in [1.54, 1.807) is 4.90 Å². The molecule has 0 saturated carbocycles. The lowest BCUT2D eigenvalue weighted by atomic mass is 10.1. The lowest BCUT2D eigenvalue weighted by Crippen LogP contribution is -2.49. The number of urea groups is 1. The van der Waals surface area contributed by atoms with Crippen LogP contribution in [0.4, 0.5) is 4.79 Å². The van der Waals surface area contributed by atoms with Crippen LogP contribution in [0, 0.1) is 0 Å². The molecule has 2 N–H and O–H groups in total. The smallest absolute Gasteiger partial charge is 0.315 e. The first kappa shape index (κ1) is 18.6. The first-order valence-corrected chi connectivity index (χ1v) is 9.99. The normalized spacial score (nSPS) is 22.7. The van der Waals surface area contributed by atoms with Gasteiger partial charge < -0.3 is 25.2 Å². The fourth-order valence-electron chi connectivity index (χ4n) is 3.99. The van der Waals surface area contributed by atoms with Crippen LogP contribution in [-0.4, -0.2) is 72.5 Å². The topological polar surface area (TPSA) is 91.0 Å². The van der Waals surface area contributed by atoms with Gasteiger partial charge in [0.1, 0.15) is 17.9 Å². The van der Waals surface area contributed by atoms with Crippen molar-refractivity contribution in [2.75, 3.05) is 32.7 Å². The van der Waals surface area contributed by atoms with Crippen LogP contribution >= 0.6 is 0 Å². The lowest BCUT2D eigenvalue weighted by molar-refractivity contribution is -0.134. The summed E-state index contributed by atoms with van der Waals surface area (Å²) in [5.74, 6) is 0.793. The maximum absolute atomic E-state index is 12.4. The molecule has 3 saturated heterocycles. The molecular formula is C20H26N4O4. The van der Waals surface area contributed by atoms with Gasteiger partial charge >= 0.3 is 6.03 Å². The quantitative estimate of drug-likeness (QED) is 0.807. The highest BCUT2D eigenvalue weighted by Crippen LogP contribution is 2.21. The van der Waals surface area contributed by atoms with Crippen LogP contribution in [0.25, 0.3) is 0 Å². The Hall–Kier alpha value is -2.77. The van der Waals surface area contributed by atoms with E-state index in [2.05, 4.69) is 10.6 Å². The Morgan fingerprint density at radius 3 is 2.25 bits per heavy atom. The molecule has 3 aliphatic rings. The SMILES string of the molecule is O=C1NCC(C(=O)N2CCC(Oc3ccc(C(=O)N4CCCC4)cc3)CC2)N1. The first-order chi connectivity index (χ1) is 13.6. The number of rotatable bonds is 4. The monoisotopic (exact) mass is 386 g/mol. The number of piperidine rings is 1. The number of nitrogens with zero attached hydrogens (tertiary/aromatic N) is 2. The Morgan fingerprint density at radius 2 is 1.64 bits per heavy atom. The van der Waals surface area contributed by atoms with E-state index in [-0.39, 0.29) is 23.9 Å². The first-order valence-electron chi connectivity index (χ1n) is 9.99. The number of amides is 4. The molecule has 0 spiro atoms. The maximum Gasteiger partial charge on any atom is 0.315 e. The summed E-state index contributed by atoms with van der Waals surface area (Å²) in [6, 6.07) is 6.59. The summed E-state index contributed by atoms with van der Waals surface area (Å²) in [5.41, 5.74) is 0.696. The molecule has 4 rings (SSSR count). The molecule has 8 nitrogen and oxygen atoms in total. The van der Waals surface area contributed by atoms with E-state index in [4.69, 9.17) is 4.74 Å². The van der Waals surface area contributed by atoms with Gasteiger partial charge in [0.05, 0.1) is 0 Å². The van der Waals surface area contributed by atoms with Gasteiger partial charge in [0.15, 0.2) is 0 Å². The molecule has 3 heterocycles. The number of ether oxygens (including phenoxy) is 1. The molecule has 4 amide bonds. The van der Waals surface area contributed by atoms with Crippen molar-refractivity contribution >= 4 is 17.8 Å². The molecule has 0 aliphatic carbocycles. The molecule has 3 fully saturated rings. The Bertz CT molecular complexity index is 737. The van der Waals surface area contributed by atoms with E-state index in [0.717, 1.165) is 44.5 Å². The Kier molecular flexibility index (Phi) is 5.36. The number of hydrogen-bond acceptors (Lipinski definition) is 4. The third-order valence-electron chi connectivity index (χ3n) is 5.62. The molecule has 0 radical (unpaired) electrons. The van der Waals surface area contributed by atoms with Crippen LogP contribution in [0.3, 0.4) is 0 Å². The van der Waals surface area contributed by atoms with E-state index < -0.39 is 6.04 Å². The van der Waals surface area contributed by atoms with Gasteiger partial charge in [0.2, 0.25) is 5.91 Å². The minimum atomic E-state index is -0.467. The van der Waals surface area contributed by atoms with Gasteiger partial charge in [-0.1, -0.05) is 0 Å². The van der Waals surface area contributed by atoms with Crippen LogP contribution in [0.5, 0.6) is 5.75 Å². The fraction of sp³-hybridized carbons (Fsp3) is 0.550. The summed E-state index contributed by atoms with van der Waals surface area (Å²) in [5, 5.41) is 5.24. The van der Waals surface area contributed by atoms with Gasteiger partial charge in [-0.3, -0.25) is 9.59 Å². The number of hydrogen-bond donors (Lipinski definition) is 2. The number of nitrogens with one attached hydrogen (secondary N) is 2. The third kappa shape index (κ3) is 4.05. The predicted octanol–water partition coefficient (Wildman–Crippen LogP) is 0.974. The van der Waals surface area contributed by atoms with Crippen LogP contribution in [-0.2, 0) is 4.79 Å². The standard InChI is InChI=1S/C20H26N4O4/c25-18(23-9-1-2-10-23)14-3-5-15(6-4-14)28-16-7-11-24(12-8-16)19(26)17-13-21-20(27)22-17/h3-6,16-17H,1-2,7-13H2,(H2,21,22,27). The van der Waals surface area contributed by atoms with Crippen molar-refractivity contribution in [1.29, 1.82) is 0 Å². The average molecular weight is 386 g/mol. The summed E-state index contributed by atoms with van der Waals surface area (Å²) >= 11 is 0. The number of carbonyl (C=O) groups is 3. The van der Waals surface area contributed by atoms with E-state index in [0.29, 0.717) is 25.2 Å². The summed E-state index contributed by atoms with van der Waals surface area (Å²) in [7, 11) is 0. The summed E-state index contributed by atoms with van der Waals surface area (Å²) < 4.78 is 6.04. The van der Waals surface area contributed by atoms with Gasteiger partial charge in [-0.15, -0.1) is 0 Å². The zero-order chi connectivity index (χ0) is 19.5. The van der Waals surface area contributed by atoms with Crippen molar-refractivity contribution in [1.82, 2.24) is 20.4 Å². The van der Waals surface area contributed by atoms with Crippen LogP contribution in [0.2, 0.25) is 0 Å².